The van der Waals surface area contributed by atoms with Crippen molar-refractivity contribution in [3.8, 4) is 0 Å². The first kappa shape index (κ1) is 26.1. The van der Waals surface area contributed by atoms with Crippen molar-refractivity contribution >= 4 is 8.32 Å². The molecule has 0 aromatic heterocycles. The van der Waals surface area contributed by atoms with E-state index in [2.05, 4.69) is 39.9 Å². The highest BCUT2D eigenvalue weighted by atomic mass is 28.4. The topological polar surface area (TPSA) is 64.6 Å². The third-order valence-corrected chi connectivity index (χ3v) is 13.3. The molecule has 8 heteroatoms. The van der Waals surface area contributed by atoms with Crippen LogP contribution in [0.5, 0.6) is 0 Å². The van der Waals surface area contributed by atoms with Crippen molar-refractivity contribution in [2.24, 2.45) is 0 Å². The van der Waals surface area contributed by atoms with E-state index in [0.717, 1.165) is 50.9 Å². The Hall–Kier alpha value is -0.483. The first-order valence-electron chi connectivity index (χ1n) is 13.7. The second kappa shape index (κ2) is 9.68. The maximum absolute atomic E-state index is 6.99. The highest BCUT2D eigenvalue weighted by Crippen LogP contribution is 2.43. The standard InChI is InChI=1S/C27H46O7Si/c1-26(2,3)35(6,7)34-24-15-22-21(14-23-25(32-22)16-29-27(4,5)33-23)31-20(24)13-17-10-11-18-19(30-17)9-8-12-28-18/h10,18-25H,8-9,11-16H2,1-7H3/t18-,19+,20+,21-,22+,23+,24-,25-/m1/s1. The van der Waals surface area contributed by atoms with Crippen molar-refractivity contribution in [1.82, 2.24) is 0 Å². The maximum atomic E-state index is 6.99. The van der Waals surface area contributed by atoms with Crippen molar-refractivity contribution in [1.29, 1.82) is 0 Å². The van der Waals surface area contributed by atoms with Crippen molar-refractivity contribution in [2.45, 2.75) is 146 Å². The third-order valence-electron chi connectivity index (χ3n) is 8.82. The summed E-state index contributed by atoms with van der Waals surface area (Å²) in [6.07, 6.45) is 7.83. The van der Waals surface area contributed by atoms with E-state index in [1.54, 1.807) is 0 Å². The second-order valence-corrected chi connectivity index (χ2v) is 17.8. The lowest BCUT2D eigenvalue weighted by atomic mass is 9.88. The average Bonchev–Trinajstić information content (AvgIpc) is 2.77. The Bertz CT molecular complexity index is 791. The highest BCUT2D eigenvalue weighted by Gasteiger charge is 2.51. The van der Waals surface area contributed by atoms with Crippen LogP contribution in [0.3, 0.4) is 0 Å². The molecular formula is C27H46O7Si. The molecule has 4 saturated heterocycles. The average molecular weight is 511 g/mol. The minimum Gasteiger partial charge on any atom is -0.492 e. The molecule has 0 aliphatic carbocycles. The van der Waals surface area contributed by atoms with Crippen molar-refractivity contribution < 1.29 is 32.8 Å². The molecule has 4 fully saturated rings. The highest BCUT2D eigenvalue weighted by molar-refractivity contribution is 6.74. The van der Waals surface area contributed by atoms with Crippen LogP contribution < -0.4 is 0 Å². The normalized spacial score (nSPS) is 41.6. The van der Waals surface area contributed by atoms with Crippen molar-refractivity contribution in [3.05, 3.63) is 11.8 Å². The van der Waals surface area contributed by atoms with E-state index in [-0.39, 0.29) is 53.9 Å². The van der Waals surface area contributed by atoms with Crippen LogP contribution in [0.2, 0.25) is 18.1 Å². The van der Waals surface area contributed by atoms with Gasteiger partial charge >= 0.3 is 0 Å². The maximum Gasteiger partial charge on any atom is 0.192 e. The van der Waals surface area contributed by atoms with Crippen LogP contribution in [0, 0.1) is 0 Å². The molecule has 5 rings (SSSR count). The Morgan fingerprint density at radius 1 is 1.00 bits per heavy atom. The van der Waals surface area contributed by atoms with E-state index in [0.29, 0.717) is 6.61 Å². The summed E-state index contributed by atoms with van der Waals surface area (Å²) in [6, 6.07) is 0. The fourth-order valence-corrected chi connectivity index (χ4v) is 7.13. The summed E-state index contributed by atoms with van der Waals surface area (Å²) in [7, 11) is -2.00. The molecule has 0 aromatic carbocycles. The Morgan fingerprint density at radius 3 is 2.54 bits per heavy atom. The van der Waals surface area contributed by atoms with Gasteiger partial charge in [-0.25, -0.2) is 0 Å². The third kappa shape index (κ3) is 5.69. The van der Waals surface area contributed by atoms with Gasteiger partial charge in [-0.05, 0) is 57.3 Å². The number of rotatable bonds is 4. The molecule has 0 N–H and O–H groups in total. The van der Waals surface area contributed by atoms with E-state index < -0.39 is 14.1 Å². The number of hydrogen-bond acceptors (Lipinski definition) is 7. The summed E-state index contributed by atoms with van der Waals surface area (Å²) in [5.41, 5.74) is 0. The molecule has 5 aliphatic heterocycles. The summed E-state index contributed by atoms with van der Waals surface area (Å²) in [6.45, 7) is 16.8. The van der Waals surface area contributed by atoms with Crippen LogP contribution in [0.15, 0.2) is 11.8 Å². The lowest BCUT2D eigenvalue weighted by Gasteiger charge is -2.52. The van der Waals surface area contributed by atoms with E-state index >= 15 is 0 Å². The van der Waals surface area contributed by atoms with E-state index in [1.165, 1.54) is 0 Å². The number of ether oxygens (including phenoxy) is 6. The SMILES string of the molecule is CC1(C)OC[C@H]2O[C@H]3C[C@@H](O[Si](C)(C)C(C)(C)C)[C@H](CC4=CC[C@H]5OCCC[C@@H]5O4)O[C@@H]3C[C@@H]2O1. The summed E-state index contributed by atoms with van der Waals surface area (Å²) < 4.78 is 44.8. The van der Waals surface area contributed by atoms with Crippen LogP contribution in [0.4, 0.5) is 0 Å². The summed E-state index contributed by atoms with van der Waals surface area (Å²) in [5, 5.41) is 0.122. The van der Waals surface area contributed by atoms with Crippen LogP contribution >= 0.6 is 0 Å². The predicted octanol–water partition coefficient (Wildman–Crippen LogP) is 5.09. The van der Waals surface area contributed by atoms with Gasteiger partial charge in [0.15, 0.2) is 14.1 Å². The molecule has 0 bridgehead atoms. The van der Waals surface area contributed by atoms with Gasteiger partial charge < -0.3 is 32.8 Å². The van der Waals surface area contributed by atoms with Crippen LogP contribution in [-0.4, -0.2) is 76.1 Å². The first-order valence-corrected chi connectivity index (χ1v) is 16.6. The van der Waals surface area contributed by atoms with Gasteiger partial charge in [0.2, 0.25) is 0 Å². The van der Waals surface area contributed by atoms with E-state index in [1.807, 2.05) is 13.8 Å². The van der Waals surface area contributed by atoms with Crippen molar-refractivity contribution in [3.63, 3.8) is 0 Å². The molecule has 0 spiro atoms. The minimum atomic E-state index is -2.00. The van der Waals surface area contributed by atoms with Gasteiger partial charge in [0.1, 0.15) is 12.2 Å². The molecule has 0 radical (unpaired) electrons. The van der Waals surface area contributed by atoms with Gasteiger partial charge in [-0.2, -0.15) is 0 Å². The Labute approximate surface area is 212 Å². The van der Waals surface area contributed by atoms with Gasteiger partial charge in [-0.15, -0.1) is 0 Å². The Kier molecular flexibility index (Phi) is 7.23. The van der Waals surface area contributed by atoms with Crippen LogP contribution in [-0.2, 0) is 32.8 Å². The monoisotopic (exact) mass is 510 g/mol. The quantitative estimate of drug-likeness (QED) is 0.488. The molecule has 5 aliphatic rings. The largest absolute Gasteiger partial charge is 0.492 e. The predicted molar refractivity (Wildman–Crippen MR) is 135 cm³/mol. The molecular weight excluding hydrogens is 464 g/mol. The van der Waals surface area contributed by atoms with Gasteiger partial charge in [0.25, 0.3) is 0 Å². The van der Waals surface area contributed by atoms with Gasteiger partial charge in [0, 0.05) is 25.9 Å². The van der Waals surface area contributed by atoms with Crippen molar-refractivity contribution in [2.75, 3.05) is 13.2 Å². The van der Waals surface area contributed by atoms with Gasteiger partial charge in [-0.1, -0.05) is 20.8 Å². The minimum absolute atomic E-state index is 0.00643. The molecule has 35 heavy (non-hydrogen) atoms. The molecule has 0 unspecified atom stereocenters. The molecule has 0 aromatic rings. The number of fused-ring (bicyclic) bond motifs is 3. The fourth-order valence-electron chi connectivity index (χ4n) is 5.77. The summed E-state index contributed by atoms with van der Waals surface area (Å²) >= 11 is 0. The lowest BCUT2D eigenvalue weighted by Crippen LogP contribution is -2.62. The Morgan fingerprint density at radius 2 is 1.77 bits per heavy atom. The first-order chi connectivity index (χ1) is 16.4. The zero-order valence-corrected chi connectivity index (χ0v) is 23.7. The summed E-state index contributed by atoms with van der Waals surface area (Å²) in [5.74, 6) is 0.445. The zero-order chi connectivity index (χ0) is 25.0. The van der Waals surface area contributed by atoms with Crippen LogP contribution in [0.25, 0.3) is 0 Å². The molecule has 5 heterocycles. The molecule has 0 saturated carbocycles. The Balaban J connectivity index is 1.32. The van der Waals surface area contributed by atoms with Crippen LogP contribution in [0.1, 0.15) is 73.1 Å². The second-order valence-electron chi connectivity index (χ2n) is 13.0. The fraction of sp³-hybridized carbons (Fsp3) is 0.926. The smallest absolute Gasteiger partial charge is 0.192 e. The molecule has 8 atom stereocenters. The van der Waals surface area contributed by atoms with Gasteiger partial charge in [0.05, 0.1) is 49.0 Å². The lowest BCUT2D eigenvalue weighted by molar-refractivity contribution is -0.348. The zero-order valence-electron chi connectivity index (χ0n) is 22.7. The molecule has 0 amide bonds. The molecule has 7 nitrogen and oxygen atoms in total. The van der Waals surface area contributed by atoms with E-state index in [4.69, 9.17) is 32.8 Å². The van der Waals surface area contributed by atoms with E-state index in [9.17, 15) is 0 Å². The number of hydrogen-bond donors (Lipinski definition) is 0. The van der Waals surface area contributed by atoms with Gasteiger partial charge in [-0.3, -0.25) is 0 Å². The summed E-state index contributed by atoms with van der Waals surface area (Å²) in [4.78, 5) is 0. The molecule has 200 valence electrons.